The smallest absolute Gasteiger partial charge is 0.0677 e. The van der Waals surface area contributed by atoms with Crippen molar-refractivity contribution >= 4 is 0 Å². The van der Waals surface area contributed by atoms with Gasteiger partial charge in [0.05, 0.1) is 6.10 Å². The standard InChI is InChI=1S/C7H16N2O/c1-6(10)7-5-9(2)4-3-8-7/h6-8,10H,3-5H2,1-2H3. The first-order valence-electron chi connectivity index (χ1n) is 3.80. The molecule has 0 bridgehead atoms. The maximum absolute atomic E-state index is 9.21. The number of aliphatic hydroxyl groups is 1. The van der Waals surface area contributed by atoms with Crippen molar-refractivity contribution in [3.63, 3.8) is 0 Å². The van der Waals surface area contributed by atoms with Crippen LogP contribution in [0.2, 0.25) is 0 Å². The maximum Gasteiger partial charge on any atom is 0.0677 e. The Morgan fingerprint density at radius 2 is 2.40 bits per heavy atom. The molecule has 1 rings (SSSR count). The van der Waals surface area contributed by atoms with Crippen molar-refractivity contribution in [1.82, 2.24) is 10.2 Å². The number of nitrogens with zero attached hydrogens (tertiary/aromatic N) is 1. The van der Waals surface area contributed by atoms with Gasteiger partial charge in [-0.25, -0.2) is 0 Å². The first kappa shape index (κ1) is 7.98. The van der Waals surface area contributed by atoms with Crippen LogP contribution in [-0.2, 0) is 0 Å². The van der Waals surface area contributed by atoms with E-state index in [9.17, 15) is 5.11 Å². The van der Waals surface area contributed by atoms with E-state index in [1.165, 1.54) is 0 Å². The highest BCUT2D eigenvalue weighted by Crippen LogP contribution is 1.99. The molecule has 1 saturated heterocycles. The highest BCUT2D eigenvalue weighted by molar-refractivity contribution is 4.80. The van der Waals surface area contributed by atoms with E-state index in [0.29, 0.717) is 0 Å². The largest absolute Gasteiger partial charge is 0.392 e. The topological polar surface area (TPSA) is 35.5 Å². The van der Waals surface area contributed by atoms with Crippen LogP contribution in [0, 0.1) is 0 Å². The van der Waals surface area contributed by atoms with Crippen molar-refractivity contribution in [3.05, 3.63) is 0 Å². The zero-order chi connectivity index (χ0) is 7.56. The molecule has 2 atom stereocenters. The number of aliphatic hydroxyl groups excluding tert-OH is 1. The van der Waals surface area contributed by atoms with Crippen LogP contribution in [0.4, 0.5) is 0 Å². The zero-order valence-electron chi connectivity index (χ0n) is 6.67. The summed E-state index contributed by atoms with van der Waals surface area (Å²) in [7, 11) is 2.08. The fourth-order valence-corrected chi connectivity index (χ4v) is 1.26. The van der Waals surface area contributed by atoms with Gasteiger partial charge in [-0.15, -0.1) is 0 Å². The molecular formula is C7H16N2O. The van der Waals surface area contributed by atoms with E-state index in [1.54, 1.807) is 0 Å². The van der Waals surface area contributed by atoms with E-state index in [-0.39, 0.29) is 12.1 Å². The van der Waals surface area contributed by atoms with Crippen LogP contribution >= 0.6 is 0 Å². The van der Waals surface area contributed by atoms with Gasteiger partial charge in [0, 0.05) is 25.7 Å². The second-order valence-electron chi connectivity index (χ2n) is 3.06. The van der Waals surface area contributed by atoms with Gasteiger partial charge in [0.1, 0.15) is 0 Å². The normalized spacial score (nSPS) is 32.1. The minimum Gasteiger partial charge on any atom is -0.392 e. The van der Waals surface area contributed by atoms with Gasteiger partial charge in [0.25, 0.3) is 0 Å². The Bertz CT molecular complexity index is 106. The Balaban J connectivity index is 2.32. The van der Waals surface area contributed by atoms with Crippen molar-refractivity contribution < 1.29 is 5.11 Å². The maximum atomic E-state index is 9.21. The summed E-state index contributed by atoms with van der Waals surface area (Å²) < 4.78 is 0. The summed E-state index contributed by atoms with van der Waals surface area (Å²) in [5, 5.41) is 12.5. The van der Waals surface area contributed by atoms with Gasteiger partial charge in [0.2, 0.25) is 0 Å². The summed E-state index contributed by atoms with van der Waals surface area (Å²) in [6.45, 7) is 4.86. The minimum atomic E-state index is -0.234. The van der Waals surface area contributed by atoms with Crippen molar-refractivity contribution in [2.75, 3.05) is 26.7 Å². The minimum absolute atomic E-state index is 0.234. The molecule has 3 nitrogen and oxygen atoms in total. The zero-order valence-corrected chi connectivity index (χ0v) is 6.67. The molecule has 2 unspecified atom stereocenters. The fraction of sp³-hybridized carbons (Fsp3) is 1.00. The van der Waals surface area contributed by atoms with E-state index in [4.69, 9.17) is 0 Å². The molecule has 1 fully saturated rings. The van der Waals surface area contributed by atoms with Crippen LogP contribution in [0.3, 0.4) is 0 Å². The number of likely N-dealkylation sites (N-methyl/N-ethyl adjacent to an activating group) is 1. The summed E-state index contributed by atoms with van der Waals surface area (Å²) in [5.41, 5.74) is 0. The molecule has 0 amide bonds. The molecule has 0 aliphatic carbocycles. The highest BCUT2D eigenvalue weighted by atomic mass is 16.3. The lowest BCUT2D eigenvalue weighted by Gasteiger charge is -2.32. The Morgan fingerprint density at radius 1 is 1.70 bits per heavy atom. The van der Waals surface area contributed by atoms with Crippen LogP contribution in [0.15, 0.2) is 0 Å². The first-order valence-corrected chi connectivity index (χ1v) is 3.80. The van der Waals surface area contributed by atoms with Gasteiger partial charge in [-0.3, -0.25) is 0 Å². The Morgan fingerprint density at radius 3 is 2.80 bits per heavy atom. The van der Waals surface area contributed by atoms with Crippen LogP contribution in [0.25, 0.3) is 0 Å². The molecule has 0 aromatic carbocycles. The lowest BCUT2D eigenvalue weighted by atomic mass is 10.1. The molecule has 1 aliphatic rings. The molecule has 2 N–H and O–H groups in total. The average Bonchev–Trinajstić information content (AvgIpc) is 1.88. The van der Waals surface area contributed by atoms with E-state index < -0.39 is 0 Å². The number of hydrogen-bond acceptors (Lipinski definition) is 3. The lowest BCUT2D eigenvalue weighted by molar-refractivity contribution is 0.102. The third-order valence-corrected chi connectivity index (χ3v) is 1.99. The molecule has 0 saturated carbocycles. The van der Waals surface area contributed by atoms with Crippen molar-refractivity contribution in [2.24, 2.45) is 0 Å². The van der Waals surface area contributed by atoms with E-state index in [0.717, 1.165) is 19.6 Å². The molecule has 1 heterocycles. The van der Waals surface area contributed by atoms with E-state index in [1.807, 2.05) is 6.92 Å². The predicted molar refractivity (Wildman–Crippen MR) is 41.0 cm³/mol. The van der Waals surface area contributed by atoms with Gasteiger partial charge in [-0.2, -0.15) is 0 Å². The van der Waals surface area contributed by atoms with Gasteiger partial charge in [-0.05, 0) is 14.0 Å². The summed E-state index contributed by atoms with van der Waals surface area (Å²) in [6, 6.07) is 0.263. The third kappa shape index (κ3) is 1.94. The first-order chi connectivity index (χ1) is 4.70. The lowest BCUT2D eigenvalue weighted by Crippen LogP contribution is -2.53. The Labute approximate surface area is 62.0 Å². The fourth-order valence-electron chi connectivity index (χ4n) is 1.26. The predicted octanol–water partition coefficient (Wildman–Crippen LogP) is -0.729. The van der Waals surface area contributed by atoms with Crippen molar-refractivity contribution in [1.29, 1.82) is 0 Å². The third-order valence-electron chi connectivity index (χ3n) is 1.99. The van der Waals surface area contributed by atoms with Gasteiger partial charge >= 0.3 is 0 Å². The molecule has 60 valence electrons. The van der Waals surface area contributed by atoms with E-state index in [2.05, 4.69) is 17.3 Å². The molecule has 1 aliphatic heterocycles. The molecule has 3 heteroatoms. The average molecular weight is 144 g/mol. The Kier molecular flexibility index (Phi) is 2.65. The number of rotatable bonds is 1. The molecular weight excluding hydrogens is 128 g/mol. The summed E-state index contributed by atoms with van der Waals surface area (Å²) in [6.07, 6.45) is -0.234. The van der Waals surface area contributed by atoms with Gasteiger partial charge in [-0.1, -0.05) is 0 Å². The molecule has 0 spiro atoms. The van der Waals surface area contributed by atoms with Crippen molar-refractivity contribution in [2.45, 2.75) is 19.1 Å². The highest BCUT2D eigenvalue weighted by Gasteiger charge is 2.19. The second-order valence-corrected chi connectivity index (χ2v) is 3.06. The quantitative estimate of drug-likeness (QED) is 0.509. The van der Waals surface area contributed by atoms with Crippen LogP contribution in [0.1, 0.15) is 6.92 Å². The Hall–Kier alpha value is -0.120. The number of piperazine rings is 1. The van der Waals surface area contributed by atoms with Crippen LogP contribution in [-0.4, -0.2) is 48.8 Å². The molecule has 10 heavy (non-hydrogen) atoms. The number of nitrogens with one attached hydrogen (secondary N) is 1. The SMILES string of the molecule is CC(O)C1CN(C)CCN1. The van der Waals surface area contributed by atoms with Gasteiger partial charge < -0.3 is 15.3 Å². The molecule has 0 aromatic rings. The van der Waals surface area contributed by atoms with Crippen molar-refractivity contribution in [3.8, 4) is 0 Å². The van der Waals surface area contributed by atoms with Crippen LogP contribution in [0.5, 0.6) is 0 Å². The summed E-state index contributed by atoms with van der Waals surface area (Å²) >= 11 is 0. The van der Waals surface area contributed by atoms with E-state index >= 15 is 0 Å². The van der Waals surface area contributed by atoms with Gasteiger partial charge in [0.15, 0.2) is 0 Å². The summed E-state index contributed by atoms with van der Waals surface area (Å²) in [4.78, 5) is 2.23. The molecule has 0 aromatic heterocycles. The number of hydrogen-bond donors (Lipinski definition) is 2. The van der Waals surface area contributed by atoms with Crippen LogP contribution < -0.4 is 5.32 Å². The summed E-state index contributed by atoms with van der Waals surface area (Å²) in [5.74, 6) is 0. The monoisotopic (exact) mass is 144 g/mol. The second kappa shape index (κ2) is 3.32. The molecule has 0 radical (unpaired) electrons.